The molecule has 0 radical (unpaired) electrons. The Morgan fingerprint density at radius 3 is 2.62 bits per heavy atom. The second-order valence-electron chi connectivity index (χ2n) is 7.04. The number of ether oxygens (including phenoxy) is 1. The van der Waals surface area contributed by atoms with E-state index in [1.165, 1.54) is 0 Å². The Bertz CT molecular complexity index is 1260. The molecule has 142 valence electrons. The largest absolute Gasteiger partial charge is 0.428 e. The number of allylic oxidation sites excluding steroid dienone is 1. The Morgan fingerprint density at radius 1 is 1.00 bits per heavy atom. The summed E-state index contributed by atoms with van der Waals surface area (Å²) in [7, 11) is 0. The highest BCUT2D eigenvalue weighted by Gasteiger charge is 2.21. The Labute approximate surface area is 173 Å². The molecular formula is C24H19N3OS. The van der Waals surface area contributed by atoms with Crippen LogP contribution in [0.25, 0.3) is 16.6 Å². The smallest absolute Gasteiger partial charge is 0.223 e. The average Bonchev–Trinajstić information content (AvgIpc) is 3.24. The molecule has 4 nitrogen and oxygen atoms in total. The molecule has 5 rings (SSSR count). The van der Waals surface area contributed by atoms with Crippen molar-refractivity contribution in [2.75, 3.05) is 5.32 Å². The van der Waals surface area contributed by atoms with Gasteiger partial charge in [0.15, 0.2) is 5.06 Å². The third-order valence-electron chi connectivity index (χ3n) is 5.04. The number of nitrogens with zero attached hydrogens (tertiary/aromatic N) is 1. The van der Waals surface area contributed by atoms with E-state index in [0.29, 0.717) is 18.0 Å². The van der Waals surface area contributed by atoms with E-state index in [9.17, 15) is 0 Å². The van der Waals surface area contributed by atoms with Gasteiger partial charge in [-0.15, -0.1) is 11.3 Å². The zero-order chi connectivity index (χ0) is 19.8. The highest BCUT2D eigenvalue weighted by molar-refractivity contribution is 7.11. The summed E-state index contributed by atoms with van der Waals surface area (Å²) >= 11 is 1.54. The molecule has 5 heteroatoms. The third-order valence-corrected chi connectivity index (χ3v) is 5.79. The highest BCUT2D eigenvalue weighted by Crippen LogP contribution is 2.36. The van der Waals surface area contributed by atoms with Crippen molar-refractivity contribution in [3.63, 3.8) is 0 Å². The third kappa shape index (κ3) is 3.30. The van der Waals surface area contributed by atoms with Gasteiger partial charge in [-0.25, -0.2) is 4.98 Å². The van der Waals surface area contributed by atoms with Gasteiger partial charge in [-0.3, -0.25) is 0 Å². The van der Waals surface area contributed by atoms with Crippen LogP contribution in [0.15, 0.2) is 77.7 Å². The molecule has 1 aliphatic carbocycles. The van der Waals surface area contributed by atoms with Crippen LogP contribution < -0.4 is 10.1 Å². The fourth-order valence-corrected chi connectivity index (χ4v) is 4.26. The summed E-state index contributed by atoms with van der Waals surface area (Å²) in [6.07, 6.45) is 0.640. The van der Waals surface area contributed by atoms with Crippen molar-refractivity contribution in [1.82, 2.24) is 4.98 Å². The van der Waals surface area contributed by atoms with Gasteiger partial charge in [0, 0.05) is 40.4 Å². The molecule has 1 aliphatic rings. The van der Waals surface area contributed by atoms with Crippen molar-refractivity contribution in [3.8, 4) is 10.9 Å². The molecule has 0 aliphatic heterocycles. The molecule has 0 fully saturated rings. The minimum absolute atomic E-state index is 0.559. The summed E-state index contributed by atoms with van der Waals surface area (Å²) in [4.78, 5) is 4.67. The molecule has 4 aromatic rings. The maximum absolute atomic E-state index is 8.35. The van der Waals surface area contributed by atoms with Crippen LogP contribution in [-0.4, -0.2) is 10.7 Å². The van der Waals surface area contributed by atoms with Crippen molar-refractivity contribution in [2.24, 2.45) is 0 Å². The molecule has 29 heavy (non-hydrogen) atoms. The Balaban J connectivity index is 1.61. The van der Waals surface area contributed by atoms with Crippen molar-refractivity contribution in [3.05, 3.63) is 88.8 Å². The van der Waals surface area contributed by atoms with Gasteiger partial charge in [-0.1, -0.05) is 42.5 Å². The Hall–Kier alpha value is -3.44. The molecule has 0 spiro atoms. The topological polar surface area (TPSA) is 58.0 Å². The summed E-state index contributed by atoms with van der Waals surface area (Å²) in [6.45, 7) is 2.08. The molecule has 2 aromatic heterocycles. The maximum Gasteiger partial charge on any atom is 0.223 e. The number of rotatable bonds is 4. The first-order valence-electron chi connectivity index (χ1n) is 9.44. The number of anilines is 1. The first-order chi connectivity index (χ1) is 14.2. The van der Waals surface area contributed by atoms with Crippen LogP contribution in [-0.2, 0) is 0 Å². The fraction of sp³-hybridized carbons (Fsp3) is 0.0833. The molecule has 0 bridgehead atoms. The summed E-state index contributed by atoms with van der Waals surface area (Å²) < 4.78 is 5.99. The molecule has 0 amide bonds. The number of hydrogen-bond donors (Lipinski definition) is 2. The number of pyridine rings is 1. The standard InChI is InChI=1S/C24H19N3OS/c1-15-13-19(25)16-7-2-3-8-17(16)24(15)27-21-14-22(28-23-11-6-12-29-23)26-20-10-5-4-9-18(20)21/h2-12,14,25H,13H2,1H3,(H,26,27). The van der Waals surface area contributed by atoms with Gasteiger partial charge >= 0.3 is 0 Å². The van der Waals surface area contributed by atoms with Gasteiger partial charge in [-0.2, -0.15) is 0 Å². The first-order valence-corrected chi connectivity index (χ1v) is 10.3. The zero-order valence-electron chi connectivity index (χ0n) is 15.9. The number of thiophene rings is 1. The summed E-state index contributed by atoms with van der Waals surface area (Å²) in [5.41, 5.74) is 6.71. The SMILES string of the molecule is CC1=C(Nc2cc(Oc3cccs3)nc3ccccc23)c2ccccc2C(=N)C1. The van der Waals surface area contributed by atoms with Crippen LogP contribution >= 0.6 is 11.3 Å². The average molecular weight is 398 g/mol. The predicted octanol–water partition coefficient (Wildman–Crippen LogP) is 6.70. The number of nitrogens with one attached hydrogen (secondary N) is 2. The Kier molecular flexibility index (Phi) is 4.37. The van der Waals surface area contributed by atoms with Gasteiger partial charge in [0.25, 0.3) is 0 Å². The van der Waals surface area contributed by atoms with Crippen molar-refractivity contribution < 1.29 is 4.74 Å². The zero-order valence-corrected chi connectivity index (χ0v) is 16.7. The van der Waals surface area contributed by atoms with Crippen molar-refractivity contribution in [1.29, 1.82) is 5.41 Å². The van der Waals surface area contributed by atoms with Crippen molar-refractivity contribution in [2.45, 2.75) is 13.3 Å². The molecule has 0 saturated carbocycles. The van der Waals surface area contributed by atoms with E-state index >= 15 is 0 Å². The van der Waals surface area contributed by atoms with Gasteiger partial charge in [-0.05, 0) is 36.1 Å². The lowest BCUT2D eigenvalue weighted by Gasteiger charge is -2.24. The molecule has 2 heterocycles. The van der Waals surface area contributed by atoms with E-state index < -0.39 is 0 Å². The molecular weight excluding hydrogens is 378 g/mol. The first kappa shape index (κ1) is 17.6. The summed E-state index contributed by atoms with van der Waals surface area (Å²) in [5, 5.41) is 15.8. The highest BCUT2D eigenvalue weighted by atomic mass is 32.1. The van der Waals surface area contributed by atoms with Crippen molar-refractivity contribution >= 4 is 39.3 Å². The summed E-state index contributed by atoms with van der Waals surface area (Å²) in [6, 6.07) is 22.0. The second kappa shape index (κ2) is 7.18. The number of benzene rings is 2. The molecule has 0 atom stereocenters. The monoisotopic (exact) mass is 397 g/mol. The molecule has 2 aromatic carbocycles. The number of hydrogen-bond acceptors (Lipinski definition) is 5. The minimum atomic E-state index is 0.559. The van der Waals surface area contributed by atoms with Crippen LogP contribution in [0.3, 0.4) is 0 Å². The lowest BCUT2D eigenvalue weighted by Crippen LogP contribution is -2.15. The van der Waals surface area contributed by atoms with Crippen LogP contribution in [0.2, 0.25) is 0 Å². The second-order valence-corrected chi connectivity index (χ2v) is 7.95. The normalized spacial score (nSPS) is 13.5. The number of para-hydroxylation sites is 1. The fourth-order valence-electron chi connectivity index (χ4n) is 3.68. The van der Waals surface area contributed by atoms with Crippen LogP contribution in [0.1, 0.15) is 24.5 Å². The number of aromatic nitrogens is 1. The van der Waals surface area contributed by atoms with E-state index in [2.05, 4.69) is 29.4 Å². The van der Waals surface area contributed by atoms with Crippen LogP contribution in [0.4, 0.5) is 5.69 Å². The Morgan fingerprint density at radius 2 is 1.79 bits per heavy atom. The van der Waals surface area contributed by atoms with Crippen LogP contribution in [0, 0.1) is 5.41 Å². The lowest BCUT2D eigenvalue weighted by molar-refractivity contribution is 0.478. The van der Waals surface area contributed by atoms with Gasteiger partial charge in [0.2, 0.25) is 5.88 Å². The predicted molar refractivity (Wildman–Crippen MR) is 120 cm³/mol. The van der Waals surface area contributed by atoms with E-state index in [4.69, 9.17) is 10.1 Å². The van der Waals surface area contributed by atoms with E-state index in [1.807, 2.05) is 60.0 Å². The van der Waals surface area contributed by atoms with E-state index in [-0.39, 0.29) is 0 Å². The molecule has 2 N–H and O–H groups in total. The summed E-state index contributed by atoms with van der Waals surface area (Å²) in [5.74, 6) is 0.559. The quantitative estimate of drug-likeness (QED) is 0.403. The van der Waals surface area contributed by atoms with Gasteiger partial charge in [0.1, 0.15) is 0 Å². The lowest BCUT2D eigenvalue weighted by atomic mass is 9.88. The maximum atomic E-state index is 8.35. The van der Waals surface area contributed by atoms with E-state index in [1.54, 1.807) is 11.3 Å². The minimum Gasteiger partial charge on any atom is -0.428 e. The van der Waals surface area contributed by atoms with Gasteiger partial charge < -0.3 is 15.5 Å². The van der Waals surface area contributed by atoms with Gasteiger partial charge in [0.05, 0.1) is 11.2 Å². The van der Waals surface area contributed by atoms with E-state index in [0.717, 1.165) is 44.1 Å². The molecule has 0 saturated heterocycles. The number of fused-ring (bicyclic) bond motifs is 2. The van der Waals surface area contributed by atoms with Crippen LogP contribution in [0.5, 0.6) is 10.9 Å². The molecule has 0 unspecified atom stereocenters.